The highest BCUT2D eigenvalue weighted by Gasteiger charge is 2.14. The maximum absolute atomic E-state index is 10.9. The zero-order valence-corrected chi connectivity index (χ0v) is 10.1. The lowest BCUT2D eigenvalue weighted by atomic mass is 10.2. The van der Waals surface area contributed by atoms with Gasteiger partial charge in [0.1, 0.15) is 0 Å². The Bertz CT molecular complexity index is 337. The van der Waals surface area contributed by atoms with Gasteiger partial charge in [-0.3, -0.25) is 9.62 Å². The van der Waals surface area contributed by atoms with Gasteiger partial charge >= 0.3 is 0 Å². The molecule has 1 aliphatic heterocycles. The van der Waals surface area contributed by atoms with Gasteiger partial charge in [0.15, 0.2) is 0 Å². The third-order valence-electron chi connectivity index (χ3n) is 1.80. The van der Waals surface area contributed by atoms with Crippen molar-refractivity contribution in [3.63, 3.8) is 0 Å². The van der Waals surface area contributed by atoms with Crippen molar-refractivity contribution in [2.45, 2.75) is 13.8 Å². The van der Waals surface area contributed by atoms with E-state index in [0.29, 0.717) is 25.2 Å². The monoisotopic (exact) mass is 234 g/mol. The number of guanidine groups is 1. The third-order valence-corrected chi connectivity index (χ3v) is 2.37. The Morgan fingerprint density at radius 2 is 2.27 bits per heavy atom. The number of nitrogens with zero attached hydrogens (tertiary/aromatic N) is 2. The van der Waals surface area contributed by atoms with E-state index in [1.54, 1.807) is 0 Å². The second-order valence-electron chi connectivity index (χ2n) is 4.10. The Balaban J connectivity index is 2.45. The molecule has 0 saturated heterocycles. The molecule has 0 amide bonds. The predicted octanol–water partition coefficient (Wildman–Crippen LogP) is -0.632. The van der Waals surface area contributed by atoms with Gasteiger partial charge in [-0.15, -0.1) is 0 Å². The van der Waals surface area contributed by atoms with Crippen molar-refractivity contribution in [2.24, 2.45) is 10.9 Å². The van der Waals surface area contributed by atoms with Crippen LogP contribution in [0.25, 0.3) is 0 Å². The number of hydrogen-bond acceptors (Lipinski definition) is 5. The van der Waals surface area contributed by atoms with Gasteiger partial charge in [0, 0.05) is 6.54 Å². The molecule has 0 atom stereocenters. The fourth-order valence-electron chi connectivity index (χ4n) is 1.35. The van der Waals surface area contributed by atoms with E-state index in [1.165, 1.54) is 0 Å². The summed E-state index contributed by atoms with van der Waals surface area (Å²) in [5.41, 5.74) is 0. The van der Waals surface area contributed by atoms with Crippen LogP contribution in [0.2, 0.25) is 0 Å². The second-order valence-corrected chi connectivity index (χ2v) is 5.85. The van der Waals surface area contributed by atoms with Crippen molar-refractivity contribution >= 4 is 16.0 Å². The van der Waals surface area contributed by atoms with Gasteiger partial charge in [0.25, 0.3) is 0 Å². The Labute approximate surface area is 90.8 Å². The summed E-state index contributed by atoms with van der Waals surface area (Å²) in [5, 5.41) is 2.92. The minimum absolute atomic E-state index is 0.331. The molecule has 0 aromatic rings. The lowest BCUT2D eigenvalue weighted by Gasteiger charge is -2.27. The molecule has 0 aromatic heterocycles. The van der Waals surface area contributed by atoms with E-state index in [2.05, 4.69) is 33.8 Å². The Kier molecular flexibility index (Phi) is 3.92. The molecular formula is C8H18N4O2S. The quantitative estimate of drug-likeness (QED) is 0.682. The molecule has 1 rings (SSSR count). The van der Waals surface area contributed by atoms with Crippen molar-refractivity contribution in [1.82, 2.24) is 14.9 Å². The number of rotatable bonds is 3. The van der Waals surface area contributed by atoms with Crippen molar-refractivity contribution in [3.8, 4) is 0 Å². The number of nitrogens with one attached hydrogen (secondary N) is 2. The SMILES string of the molecule is CC(C)CN1CN=C(NS(C)(=O)=O)NC1. The molecule has 7 heteroatoms. The van der Waals surface area contributed by atoms with E-state index in [1.807, 2.05) is 0 Å². The Hall–Kier alpha value is -0.820. The van der Waals surface area contributed by atoms with Crippen LogP contribution in [0.5, 0.6) is 0 Å². The first kappa shape index (κ1) is 12.3. The summed E-state index contributed by atoms with van der Waals surface area (Å²) in [7, 11) is -3.23. The Morgan fingerprint density at radius 1 is 1.60 bits per heavy atom. The summed E-state index contributed by atoms with van der Waals surface area (Å²) in [6, 6.07) is 0. The minimum Gasteiger partial charge on any atom is -0.343 e. The molecule has 0 bridgehead atoms. The van der Waals surface area contributed by atoms with Crippen LogP contribution in [0.1, 0.15) is 13.8 Å². The average Bonchev–Trinajstić information content (AvgIpc) is 2.05. The smallest absolute Gasteiger partial charge is 0.232 e. The van der Waals surface area contributed by atoms with Crippen LogP contribution >= 0.6 is 0 Å². The molecule has 0 spiro atoms. The average molecular weight is 234 g/mol. The summed E-state index contributed by atoms with van der Waals surface area (Å²) in [4.78, 5) is 6.20. The van der Waals surface area contributed by atoms with Gasteiger partial charge < -0.3 is 5.32 Å². The molecule has 1 heterocycles. The number of aliphatic imine (C=N–C) groups is 1. The maximum atomic E-state index is 10.9. The normalized spacial score (nSPS) is 18.5. The van der Waals surface area contributed by atoms with E-state index in [9.17, 15) is 8.42 Å². The fourth-order valence-corrected chi connectivity index (χ4v) is 1.83. The Morgan fingerprint density at radius 3 is 2.67 bits per heavy atom. The van der Waals surface area contributed by atoms with Crippen molar-refractivity contribution < 1.29 is 8.42 Å². The summed E-state index contributed by atoms with van der Waals surface area (Å²) in [6.07, 6.45) is 1.11. The van der Waals surface area contributed by atoms with Crippen LogP contribution in [-0.2, 0) is 10.0 Å². The van der Waals surface area contributed by atoms with Crippen LogP contribution in [-0.4, -0.2) is 45.4 Å². The summed E-state index contributed by atoms with van der Waals surface area (Å²) >= 11 is 0. The summed E-state index contributed by atoms with van der Waals surface area (Å²) < 4.78 is 24.1. The van der Waals surface area contributed by atoms with Crippen LogP contribution in [0.15, 0.2) is 4.99 Å². The van der Waals surface area contributed by atoms with E-state index >= 15 is 0 Å². The molecular weight excluding hydrogens is 216 g/mol. The molecule has 0 aliphatic carbocycles. The summed E-state index contributed by atoms with van der Waals surface area (Å²) in [5.74, 6) is 0.906. The first-order chi connectivity index (χ1) is 6.87. The van der Waals surface area contributed by atoms with Crippen molar-refractivity contribution in [2.75, 3.05) is 26.1 Å². The molecule has 0 unspecified atom stereocenters. The van der Waals surface area contributed by atoms with Crippen molar-refractivity contribution in [1.29, 1.82) is 0 Å². The second kappa shape index (κ2) is 4.80. The van der Waals surface area contributed by atoms with Crippen LogP contribution < -0.4 is 10.0 Å². The molecule has 6 nitrogen and oxygen atoms in total. The van der Waals surface area contributed by atoms with Gasteiger partial charge in [-0.25, -0.2) is 13.4 Å². The van der Waals surface area contributed by atoms with E-state index in [0.717, 1.165) is 12.8 Å². The van der Waals surface area contributed by atoms with Gasteiger partial charge in [0.05, 0.1) is 19.6 Å². The van der Waals surface area contributed by atoms with Gasteiger partial charge in [0.2, 0.25) is 16.0 Å². The molecule has 15 heavy (non-hydrogen) atoms. The fraction of sp³-hybridized carbons (Fsp3) is 0.875. The first-order valence-corrected chi connectivity index (χ1v) is 6.74. The number of sulfonamides is 1. The van der Waals surface area contributed by atoms with Gasteiger partial charge in [-0.05, 0) is 5.92 Å². The third kappa shape index (κ3) is 4.98. The largest absolute Gasteiger partial charge is 0.343 e. The zero-order chi connectivity index (χ0) is 11.5. The van der Waals surface area contributed by atoms with Crippen LogP contribution in [0.3, 0.4) is 0 Å². The van der Waals surface area contributed by atoms with Crippen LogP contribution in [0, 0.1) is 5.92 Å². The predicted molar refractivity (Wildman–Crippen MR) is 59.8 cm³/mol. The number of hydrogen-bond donors (Lipinski definition) is 2. The van der Waals surface area contributed by atoms with Crippen LogP contribution in [0.4, 0.5) is 0 Å². The topological polar surface area (TPSA) is 73.8 Å². The lowest BCUT2D eigenvalue weighted by Crippen LogP contribution is -2.50. The standard InChI is InChI=1S/C8H18N4O2S/c1-7(2)4-12-5-9-8(10-6-12)11-15(3,13)14/h7H,4-6H2,1-3H3,(H2,9,10,11). The maximum Gasteiger partial charge on any atom is 0.232 e. The molecule has 0 saturated carbocycles. The molecule has 2 N–H and O–H groups in total. The molecule has 88 valence electrons. The summed E-state index contributed by atoms with van der Waals surface area (Å²) in [6.45, 7) is 6.37. The molecule has 0 aromatic carbocycles. The highest BCUT2D eigenvalue weighted by Crippen LogP contribution is 2.00. The first-order valence-electron chi connectivity index (χ1n) is 4.85. The molecule has 0 radical (unpaired) electrons. The van der Waals surface area contributed by atoms with E-state index in [4.69, 9.17) is 0 Å². The molecule has 1 aliphatic rings. The zero-order valence-electron chi connectivity index (χ0n) is 9.32. The van der Waals surface area contributed by atoms with Crippen molar-refractivity contribution in [3.05, 3.63) is 0 Å². The molecule has 0 fully saturated rings. The van der Waals surface area contributed by atoms with E-state index in [-0.39, 0.29) is 0 Å². The highest BCUT2D eigenvalue weighted by atomic mass is 32.2. The van der Waals surface area contributed by atoms with Gasteiger partial charge in [-0.2, -0.15) is 0 Å². The lowest BCUT2D eigenvalue weighted by molar-refractivity contribution is 0.235. The van der Waals surface area contributed by atoms with Gasteiger partial charge in [-0.1, -0.05) is 13.8 Å². The highest BCUT2D eigenvalue weighted by molar-refractivity contribution is 7.89. The van der Waals surface area contributed by atoms with E-state index < -0.39 is 10.0 Å². The minimum atomic E-state index is -3.23.